The summed E-state index contributed by atoms with van der Waals surface area (Å²) in [6, 6.07) is 31.9. The van der Waals surface area contributed by atoms with E-state index in [-0.39, 0.29) is 52.0 Å². The Kier molecular flexibility index (Phi) is 13.1. The molecule has 60 heavy (non-hydrogen) atoms. The third-order valence-electron chi connectivity index (χ3n) is 13.3. The fraction of sp³-hybridized carbons (Fsp3) is 0.438. The van der Waals surface area contributed by atoms with Gasteiger partial charge in [0.05, 0.1) is 29.7 Å². The van der Waals surface area contributed by atoms with Gasteiger partial charge in [0.1, 0.15) is 5.75 Å². The fourth-order valence-electron chi connectivity index (χ4n) is 10.1. The molecule has 4 N–H and O–H groups in total. The number of halogens is 1. The summed E-state index contributed by atoms with van der Waals surface area (Å²) in [6.07, 6.45) is 7.57. The van der Waals surface area contributed by atoms with Crippen LogP contribution in [0.1, 0.15) is 74.9 Å². The normalized spacial score (nSPS) is 22.2. The molecule has 320 valence electrons. The number of primary sulfonamides is 1. The quantitative estimate of drug-likeness (QED) is 0.0872. The number of fused-ring (bicyclic) bond motifs is 3. The summed E-state index contributed by atoms with van der Waals surface area (Å²) in [6.45, 7) is 10.5. The fourth-order valence-corrected chi connectivity index (χ4v) is 15.9. The number of aryl methyl sites for hydroxylation is 1. The minimum atomic E-state index is -3.80. The van der Waals surface area contributed by atoms with Gasteiger partial charge in [-0.15, -0.1) is 0 Å². The summed E-state index contributed by atoms with van der Waals surface area (Å²) in [4.78, 5) is 14.5. The first kappa shape index (κ1) is 44.1. The molecule has 6 atom stereocenters. The molecule has 0 radical (unpaired) electrons. The molecular formula is C48H59ClN2O7SSi. The Balaban J connectivity index is 1.16. The number of carboxylic acid groups (broad SMARTS) is 1. The summed E-state index contributed by atoms with van der Waals surface area (Å²) < 4.78 is 38.8. The van der Waals surface area contributed by atoms with E-state index < -0.39 is 30.4 Å². The molecule has 0 saturated heterocycles. The molecule has 4 aromatic rings. The van der Waals surface area contributed by atoms with Crippen molar-refractivity contribution < 1.29 is 32.6 Å². The number of carboxylic acids is 1. The number of sulfonamides is 1. The molecule has 2 aliphatic carbocycles. The van der Waals surface area contributed by atoms with Gasteiger partial charge in [-0.05, 0) is 107 Å². The maximum absolute atomic E-state index is 12.5. The number of aromatic carboxylic acids is 1. The van der Waals surface area contributed by atoms with E-state index in [9.17, 15) is 23.4 Å². The second kappa shape index (κ2) is 17.8. The molecule has 0 bridgehead atoms. The van der Waals surface area contributed by atoms with Crippen LogP contribution in [-0.4, -0.2) is 71.1 Å². The maximum atomic E-state index is 12.5. The molecule has 1 aliphatic heterocycles. The third-order valence-corrected chi connectivity index (χ3v) is 19.6. The van der Waals surface area contributed by atoms with Crippen molar-refractivity contribution in [2.24, 2.45) is 28.8 Å². The van der Waals surface area contributed by atoms with E-state index in [4.69, 9.17) is 25.9 Å². The Bertz CT molecular complexity index is 2250. The number of nitrogens with zero attached hydrogens (tertiary/aromatic N) is 1. The highest BCUT2D eigenvalue weighted by molar-refractivity contribution is 7.89. The molecule has 1 spiro atoms. The van der Waals surface area contributed by atoms with Crippen LogP contribution in [0.25, 0.3) is 0 Å². The molecule has 4 aromatic carbocycles. The Labute approximate surface area is 361 Å². The van der Waals surface area contributed by atoms with Crippen molar-refractivity contribution >= 4 is 52.0 Å². The molecule has 9 nitrogen and oxygen atoms in total. The van der Waals surface area contributed by atoms with Gasteiger partial charge >= 0.3 is 5.97 Å². The van der Waals surface area contributed by atoms with Crippen LogP contribution >= 0.6 is 11.6 Å². The first-order chi connectivity index (χ1) is 28.5. The number of nitrogens with two attached hydrogens (primary N) is 1. The van der Waals surface area contributed by atoms with Crippen molar-refractivity contribution in [1.82, 2.24) is 0 Å². The van der Waals surface area contributed by atoms with Gasteiger partial charge in [-0.3, -0.25) is 0 Å². The van der Waals surface area contributed by atoms with Crippen molar-refractivity contribution in [3.8, 4) is 5.75 Å². The van der Waals surface area contributed by atoms with Crippen molar-refractivity contribution in [3.05, 3.63) is 131 Å². The van der Waals surface area contributed by atoms with E-state index >= 15 is 0 Å². The number of anilines is 1. The van der Waals surface area contributed by atoms with Crippen LogP contribution in [0, 0.1) is 23.7 Å². The number of rotatable bonds is 14. The van der Waals surface area contributed by atoms with Gasteiger partial charge in [0.2, 0.25) is 10.0 Å². The first-order valence-corrected chi connectivity index (χ1v) is 25.2. The van der Waals surface area contributed by atoms with Crippen molar-refractivity contribution in [2.75, 3.05) is 37.0 Å². The van der Waals surface area contributed by atoms with Crippen LogP contribution < -0.4 is 25.1 Å². The summed E-state index contributed by atoms with van der Waals surface area (Å²) in [5.41, 5.74) is 3.07. The highest BCUT2D eigenvalue weighted by atomic mass is 35.5. The van der Waals surface area contributed by atoms with Gasteiger partial charge in [-0.25, -0.2) is 18.4 Å². The number of carbonyl (C=O) groups is 1. The number of hydrogen-bond donors (Lipinski definition) is 3. The van der Waals surface area contributed by atoms with E-state index in [0.29, 0.717) is 30.5 Å². The van der Waals surface area contributed by atoms with Crippen LogP contribution in [-0.2, 0) is 26.3 Å². The van der Waals surface area contributed by atoms with Gasteiger partial charge in [-0.1, -0.05) is 118 Å². The standard InChI is InChI=1S/C48H59ClN2O7SSi/c1-33(30-59(50,55)56)37(29-58-60(47(2,3)4,39-13-7-5-8-14-39)40-15-9-6-10-16-40)18-23-44(52)41-21-17-36(41)28-51-31-48(25-11-12-34-26-38(49)20-22-42(34)48)32-57-45-24-19-35(46(53)54)27-43(45)51/h5-10,13-16,18-20,22-24,26-27,33,36-37,41,44,52H,11-12,17,21,25,28-32H2,1-4H3,(H,53,54)(H2,50,55,56)/b23-18+/t33?,36-,37?,41+,44?,48-/m0/s1. The van der Waals surface area contributed by atoms with E-state index in [2.05, 4.69) is 62.1 Å². The molecule has 1 saturated carbocycles. The van der Waals surface area contributed by atoms with Crippen molar-refractivity contribution in [2.45, 2.75) is 76.4 Å². The molecule has 3 aliphatic rings. The van der Waals surface area contributed by atoms with Crippen molar-refractivity contribution in [3.63, 3.8) is 0 Å². The number of hydrogen-bond acceptors (Lipinski definition) is 7. The van der Waals surface area contributed by atoms with E-state index in [0.717, 1.165) is 48.2 Å². The van der Waals surface area contributed by atoms with Crippen molar-refractivity contribution in [1.29, 1.82) is 0 Å². The molecule has 3 unspecified atom stereocenters. The highest BCUT2D eigenvalue weighted by Crippen LogP contribution is 2.47. The lowest BCUT2D eigenvalue weighted by molar-refractivity contribution is 0.0452. The largest absolute Gasteiger partial charge is 0.490 e. The SMILES string of the molecule is CC(CS(N)(=O)=O)C(/C=C/C(O)[C@@H]1CC[C@H]1CN1C[C@@]2(CCCc3cc(Cl)ccc32)COc2ccc(C(=O)O)cc21)CO[Si](c1ccccc1)(c1ccccc1)C(C)(C)C. The van der Waals surface area contributed by atoms with Gasteiger partial charge in [0, 0.05) is 36.1 Å². The molecule has 0 amide bonds. The molecule has 1 fully saturated rings. The predicted molar refractivity (Wildman–Crippen MR) is 243 cm³/mol. The van der Waals surface area contributed by atoms with Gasteiger partial charge in [-0.2, -0.15) is 0 Å². The van der Waals surface area contributed by atoms with Gasteiger partial charge in [0.25, 0.3) is 8.32 Å². The minimum Gasteiger partial charge on any atom is -0.490 e. The summed E-state index contributed by atoms with van der Waals surface area (Å²) in [5, 5.41) is 30.2. The lowest BCUT2D eigenvalue weighted by Gasteiger charge is -2.45. The zero-order chi connectivity index (χ0) is 42.9. The zero-order valence-electron chi connectivity index (χ0n) is 35.1. The number of ether oxygens (including phenoxy) is 1. The second-order valence-electron chi connectivity index (χ2n) is 18.4. The zero-order valence-corrected chi connectivity index (χ0v) is 37.7. The average Bonchev–Trinajstić information content (AvgIpc) is 3.34. The third kappa shape index (κ3) is 9.27. The summed E-state index contributed by atoms with van der Waals surface area (Å²) >= 11 is 6.46. The molecule has 1 heterocycles. The topological polar surface area (TPSA) is 139 Å². The minimum absolute atomic E-state index is 0.0586. The number of aliphatic hydroxyl groups is 1. The van der Waals surface area contributed by atoms with E-state index in [1.165, 1.54) is 11.1 Å². The Morgan fingerprint density at radius 1 is 1.02 bits per heavy atom. The molecule has 7 rings (SSSR count). The summed E-state index contributed by atoms with van der Waals surface area (Å²) in [5.74, 6) is -1.26. The Hall–Kier alpha value is -3.97. The Morgan fingerprint density at radius 3 is 2.30 bits per heavy atom. The average molecular weight is 872 g/mol. The molecule has 0 aromatic heterocycles. The van der Waals surface area contributed by atoms with Crippen LogP contribution in [0.15, 0.2) is 109 Å². The number of aliphatic hydroxyl groups excluding tert-OH is 1. The van der Waals surface area contributed by atoms with E-state index in [1.807, 2.05) is 61.5 Å². The predicted octanol–water partition coefficient (Wildman–Crippen LogP) is 7.57. The second-order valence-corrected chi connectivity index (χ2v) is 24.8. The lowest BCUT2D eigenvalue weighted by Crippen LogP contribution is -2.67. The van der Waals surface area contributed by atoms with Crippen LogP contribution in [0.2, 0.25) is 10.1 Å². The van der Waals surface area contributed by atoms with Crippen LogP contribution in [0.5, 0.6) is 5.75 Å². The van der Waals surface area contributed by atoms with E-state index in [1.54, 1.807) is 18.2 Å². The lowest BCUT2D eigenvalue weighted by atomic mass is 9.68. The smallest absolute Gasteiger partial charge is 0.335 e. The molecule has 12 heteroatoms. The first-order valence-electron chi connectivity index (χ1n) is 21.2. The Morgan fingerprint density at radius 2 is 1.70 bits per heavy atom. The van der Waals surface area contributed by atoms with Crippen LogP contribution in [0.3, 0.4) is 0 Å². The monoisotopic (exact) mass is 870 g/mol. The van der Waals surface area contributed by atoms with Crippen LogP contribution in [0.4, 0.5) is 5.69 Å². The summed E-state index contributed by atoms with van der Waals surface area (Å²) in [7, 11) is -6.75. The highest BCUT2D eigenvalue weighted by Gasteiger charge is 2.51. The maximum Gasteiger partial charge on any atom is 0.335 e. The van der Waals surface area contributed by atoms with Gasteiger partial charge in [0.15, 0.2) is 0 Å². The number of benzene rings is 4. The van der Waals surface area contributed by atoms with Gasteiger partial charge < -0.3 is 24.3 Å². The molecular weight excluding hydrogens is 812 g/mol.